The number of carboxylic acids is 1. The van der Waals surface area contributed by atoms with Gasteiger partial charge < -0.3 is 38.8 Å². The van der Waals surface area contributed by atoms with Crippen molar-refractivity contribution in [3.63, 3.8) is 0 Å². The van der Waals surface area contributed by atoms with Gasteiger partial charge in [-0.25, -0.2) is 9.59 Å². The summed E-state index contributed by atoms with van der Waals surface area (Å²) in [6, 6.07) is -1.42. The Kier molecular flexibility index (Phi) is 11.8. The van der Waals surface area contributed by atoms with Crippen molar-refractivity contribution in [2.45, 2.75) is 103 Å². The maximum absolute atomic E-state index is 12.1. The molecule has 1 amide bonds. The van der Waals surface area contributed by atoms with Crippen molar-refractivity contribution in [2.75, 3.05) is 6.61 Å². The first-order valence-corrected chi connectivity index (χ1v) is 11.5. The molecule has 0 aromatic carbocycles. The van der Waals surface area contributed by atoms with Gasteiger partial charge >= 0.3 is 35.9 Å². The van der Waals surface area contributed by atoms with Gasteiger partial charge in [-0.3, -0.25) is 19.2 Å². The molecule has 0 aromatic heterocycles. The molecular formula is C23H35NO13. The highest BCUT2D eigenvalue weighted by Gasteiger charge is 2.52. The van der Waals surface area contributed by atoms with Gasteiger partial charge in [0.1, 0.15) is 24.4 Å². The Balaban J connectivity index is 3.27. The van der Waals surface area contributed by atoms with Crippen LogP contribution in [0, 0.1) is 0 Å². The average Bonchev–Trinajstić information content (AvgIpc) is 2.70. The van der Waals surface area contributed by atoms with Crippen molar-refractivity contribution >= 4 is 35.9 Å². The van der Waals surface area contributed by atoms with Crippen LogP contribution in [0.25, 0.3) is 0 Å². The molecule has 1 heterocycles. The van der Waals surface area contributed by atoms with E-state index in [-0.39, 0.29) is 12.8 Å². The van der Waals surface area contributed by atoms with Crippen molar-refractivity contribution in [2.24, 2.45) is 0 Å². The first-order valence-electron chi connectivity index (χ1n) is 11.5. The Hall–Kier alpha value is -3.42. The minimum atomic E-state index is -1.42. The number of hydrogen-bond acceptors (Lipinski definition) is 12. The van der Waals surface area contributed by atoms with Crippen LogP contribution in [0.2, 0.25) is 0 Å². The minimum absolute atomic E-state index is 0.133. The van der Waals surface area contributed by atoms with E-state index < -0.39 is 84.7 Å². The minimum Gasteiger partial charge on any atom is -0.480 e. The highest BCUT2D eigenvalue weighted by atomic mass is 16.7. The van der Waals surface area contributed by atoms with E-state index in [1.807, 2.05) is 0 Å². The van der Waals surface area contributed by atoms with Gasteiger partial charge in [0.15, 0.2) is 18.3 Å². The van der Waals surface area contributed by atoms with Crippen LogP contribution in [-0.4, -0.2) is 89.8 Å². The number of carbonyl (C=O) groups excluding carboxylic acids is 5. The van der Waals surface area contributed by atoms with E-state index in [4.69, 9.17) is 28.4 Å². The lowest BCUT2D eigenvalue weighted by atomic mass is 9.91. The molecular weight excluding hydrogens is 498 g/mol. The van der Waals surface area contributed by atoms with Gasteiger partial charge in [-0.15, -0.1) is 0 Å². The summed E-state index contributed by atoms with van der Waals surface area (Å²) in [6.07, 6.45) is -7.59. The molecule has 6 atom stereocenters. The Labute approximate surface area is 214 Å². The molecule has 2 N–H and O–H groups in total. The monoisotopic (exact) mass is 533 g/mol. The van der Waals surface area contributed by atoms with Crippen molar-refractivity contribution in [3.05, 3.63) is 0 Å². The number of nitrogens with one attached hydrogen (secondary N) is 1. The molecule has 14 nitrogen and oxygen atoms in total. The Morgan fingerprint density at radius 2 is 1.30 bits per heavy atom. The fraction of sp³-hybridized carbons (Fsp3) is 0.739. The lowest BCUT2D eigenvalue weighted by Crippen LogP contribution is -2.62. The van der Waals surface area contributed by atoms with Gasteiger partial charge in [-0.1, -0.05) is 0 Å². The van der Waals surface area contributed by atoms with Crippen LogP contribution < -0.4 is 5.32 Å². The first kappa shape index (κ1) is 31.6. The van der Waals surface area contributed by atoms with Crippen molar-refractivity contribution in [1.82, 2.24) is 5.32 Å². The van der Waals surface area contributed by atoms with E-state index in [1.54, 1.807) is 20.8 Å². The maximum atomic E-state index is 12.1. The van der Waals surface area contributed by atoms with E-state index in [1.165, 1.54) is 0 Å². The number of carbonyl (C=O) groups is 6. The number of ether oxygens (including phenoxy) is 6. The van der Waals surface area contributed by atoms with Crippen molar-refractivity contribution in [1.29, 1.82) is 0 Å². The third-order valence-electron chi connectivity index (χ3n) is 4.82. The lowest BCUT2D eigenvalue weighted by Gasteiger charge is -2.44. The molecule has 210 valence electrons. The molecule has 0 saturated carbocycles. The smallest absolute Gasteiger partial charge is 0.408 e. The Morgan fingerprint density at radius 3 is 1.73 bits per heavy atom. The zero-order valence-electron chi connectivity index (χ0n) is 21.9. The van der Waals surface area contributed by atoms with E-state index in [9.17, 15) is 33.9 Å². The highest BCUT2D eigenvalue weighted by molar-refractivity contribution is 5.80. The number of hydrogen-bond donors (Lipinski definition) is 2. The lowest BCUT2D eigenvalue weighted by molar-refractivity contribution is -0.253. The molecule has 0 aliphatic carbocycles. The molecule has 1 rings (SSSR count). The van der Waals surface area contributed by atoms with Gasteiger partial charge in [0.05, 0.1) is 6.10 Å². The summed E-state index contributed by atoms with van der Waals surface area (Å²) in [4.78, 5) is 70.8. The highest BCUT2D eigenvalue weighted by Crippen LogP contribution is 2.31. The van der Waals surface area contributed by atoms with Crippen LogP contribution in [0.1, 0.15) is 61.3 Å². The SMILES string of the molecule is CC(=O)OC[C@H]1O[C@@H](CC[C@H](NC(=O)OC(C)(C)C)C(=O)O)[C@H](OC(C)=O)[C@@H](OC(C)=O)[C@@H]1OC(C)=O. The zero-order chi connectivity index (χ0) is 28.5. The molecule has 0 spiro atoms. The van der Waals surface area contributed by atoms with E-state index >= 15 is 0 Å². The standard InChI is InChI=1S/C23H35NO13/c1-11(25)32-10-17-19(34-13(3)27)20(35-14(4)28)18(33-12(2)26)16(36-17)9-8-15(21(29)30)24-22(31)37-23(5,6)7/h15-20H,8-10H2,1-7H3,(H,24,31)(H,29,30)/t15-,16-,17+,18-,19+,20+/m0/s1. The van der Waals surface area contributed by atoms with Crippen molar-refractivity contribution < 1.29 is 62.3 Å². The number of carboxylic acid groups (broad SMARTS) is 1. The maximum Gasteiger partial charge on any atom is 0.408 e. The second kappa shape index (κ2) is 13.8. The Bertz CT molecular complexity index is 865. The molecule has 1 aliphatic heterocycles. The van der Waals surface area contributed by atoms with E-state index in [2.05, 4.69) is 5.32 Å². The van der Waals surface area contributed by atoms with Crippen LogP contribution >= 0.6 is 0 Å². The van der Waals surface area contributed by atoms with Crippen LogP contribution in [0.5, 0.6) is 0 Å². The van der Waals surface area contributed by atoms with Gasteiger partial charge in [-0.2, -0.15) is 0 Å². The molecule has 1 saturated heterocycles. The topological polar surface area (TPSA) is 190 Å². The predicted octanol–water partition coefficient (Wildman–Crippen LogP) is 0.870. The first-order chi connectivity index (χ1) is 17.0. The third-order valence-corrected chi connectivity index (χ3v) is 4.82. The van der Waals surface area contributed by atoms with Gasteiger partial charge in [0.25, 0.3) is 0 Å². The number of amides is 1. The fourth-order valence-electron chi connectivity index (χ4n) is 3.59. The number of esters is 4. The molecule has 1 aliphatic rings. The fourth-order valence-corrected chi connectivity index (χ4v) is 3.59. The summed E-state index contributed by atoms with van der Waals surface area (Å²) in [7, 11) is 0. The normalized spacial score (nSPS) is 24.1. The summed E-state index contributed by atoms with van der Waals surface area (Å²) in [6.45, 7) is 8.85. The largest absolute Gasteiger partial charge is 0.480 e. The second-order valence-electron chi connectivity index (χ2n) is 9.35. The number of aliphatic carboxylic acids is 1. The van der Waals surface area contributed by atoms with Crippen LogP contribution in [0.3, 0.4) is 0 Å². The summed E-state index contributed by atoms with van der Waals surface area (Å²) < 4.78 is 32.0. The summed E-state index contributed by atoms with van der Waals surface area (Å²) in [5.74, 6) is -4.37. The Morgan fingerprint density at radius 1 is 0.811 bits per heavy atom. The molecule has 37 heavy (non-hydrogen) atoms. The number of rotatable bonds is 10. The summed E-state index contributed by atoms with van der Waals surface area (Å²) in [5, 5.41) is 11.8. The molecule has 0 bridgehead atoms. The molecule has 0 aromatic rings. The molecule has 0 unspecified atom stereocenters. The van der Waals surface area contributed by atoms with Crippen LogP contribution in [-0.2, 0) is 52.4 Å². The third kappa shape index (κ3) is 11.5. The summed E-state index contributed by atoms with van der Waals surface area (Å²) >= 11 is 0. The van der Waals surface area contributed by atoms with Gasteiger partial charge in [0, 0.05) is 27.7 Å². The van der Waals surface area contributed by atoms with E-state index in [0.29, 0.717) is 0 Å². The quantitative estimate of drug-likeness (QED) is 0.297. The summed E-state index contributed by atoms with van der Waals surface area (Å²) in [5.41, 5.74) is -0.868. The van der Waals surface area contributed by atoms with Crippen molar-refractivity contribution in [3.8, 4) is 0 Å². The predicted molar refractivity (Wildman–Crippen MR) is 122 cm³/mol. The number of alkyl carbamates (subject to hydrolysis) is 1. The van der Waals surface area contributed by atoms with Crippen LogP contribution in [0.15, 0.2) is 0 Å². The molecule has 1 fully saturated rings. The average molecular weight is 534 g/mol. The molecule has 14 heteroatoms. The van der Waals surface area contributed by atoms with Gasteiger partial charge in [0.2, 0.25) is 0 Å². The van der Waals surface area contributed by atoms with Crippen LogP contribution in [0.4, 0.5) is 4.79 Å². The van der Waals surface area contributed by atoms with E-state index in [0.717, 1.165) is 27.7 Å². The van der Waals surface area contributed by atoms with Gasteiger partial charge in [-0.05, 0) is 33.6 Å². The zero-order valence-corrected chi connectivity index (χ0v) is 21.9. The molecule has 0 radical (unpaired) electrons. The second-order valence-corrected chi connectivity index (χ2v) is 9.35.